The van der Waals surface area contributed by atoms with Crippen LogP contribution in [-0.2, 0) is 11.3 Å². The fourth-order valence-corrected chi connectivity index (χ4v) is 3.18. The molecule has 118 valence electrons. The van der Waals surface area contributed by atoms with Crippen LogP contribution in [-0.4, -0.2) is 16.5 Å². The average Bonchev–Trinajstić information content (AvgIpc) is 3.08. The van der Waals surface area contributed by atoms with Gasteiger partial charge in [0.2, 0.25) is 0 Å². The SMILES string of the molecule is CCCn1c(C)cc(/C=C(\C#N)C(=O)NC2CCCC2)c1C. The molecule has 2 rings (SSSR count). The molecule has 1 aliphatic rings. The number of amides is 1. The summed E-state index contributed by atoms with van der Waals surface area (Å²) in [5, 5.41) is 12.3. The third-order valence-electron chi connectivity index (χ3n) is 4.42. The smallest absolute Gasteiger partial charge is 0.262 e. The third kappa shape index (κ3) is 3.59. The Balaban J connectivity index is 2.19. The van der Waals surface area contributed by atoms with E-state index in [9.17, 15) is 10.1 Å². The lowest BCUT2D eigenvalue weighted by Crippen LogP contribution is -2.33. The molecule has 0 saturated heterocycles. The predicted molar refractivity (Wildman–Crippen MR) is 88.2 cm³/mol. The van der Waals surface area contributed by atoms with Crippen LogP contribution in [0.25, 0.3) is 6.08 Å². The monoisotopic (exact) mass is 299 g/mol. The summed E-state index contributed by atoms with van der Waals surface area (Å²) in [4.78, 5) is 12.3. The first-order chi connectivity index (χ1) is 10.6. The number of nitriles is 1. The summed E-state index contributed by atoms with van der Waals surface area (Å²) < 4.78 is 2.23. The second-order valence-electron chi connectivity index (χ2n) is 6.10. The van der Waals surface area contributed by atoms with E-state index in [1.54, 1.807) is 6.08 Å². The molecule has 0 aliphatic heterocycles. The van der Waals surface area contributed by atoms with Crippen LogP contribution in [0.2, 0.25) is 0 Å². The van der Waals surface area contributed by atoms with E-state index >= 15 is 0 Å². The summed E-state index contributed by atoms with van der Waals surface area (Å²) in [5.41, 5.74) is 3.44. The van der Waals surface area contributed by atoms with Gasteiger partial charge in [0.25, 0.3) is 5.91 Å². The standard InChI is InChI=1S/C18H25N3O/c1-4-9-21-13(2)10-15(14(21)3)11-16(12-19)18(22)20-17-7-5-6-8-17/h10-11,17H,4-9H2,1-3H3,(H,20,22)/b16-11+. The first kappa shape index (κ1) is 16.4. The highest BCUT2D eigenvalue weighted by Crippen LogP contribution is 2.20. The molecule has 1 aromatic rings. The lowest BCUT2D eigenvalue weighted by molar-refractivity contribution is -0.117. The zero-order chi connectivity index (χ0) is 16.1. The van der Waals surface area contributed by atoms with Gasteiger partial charge in [-0.15, -0.1) is 0 Å². The molecule has 0 aromatic carbocycles. The van der Waals surface area contributed by atoms with Crippen molar-refractivity contribution < 1.29 is 4.79 Å². The Morgan fingerprint density at radius 1 is 1.45 bits per heavy atom. The molecule has 1 fully saturated rings. The molecule has 0 spiro atoms. The van der Waals surface area contributed by atoms with E-state index in [-0.39, 0.29) is 17.5 Å². The molecule has 1 amide bonds. The van der Waals surface area contributed by atoms with E-state index < -0.39 is 0 Å². The van der Waals surface area contributed by atoms with Crippen molar-refractivity contribution >= 4 is 12.0 Å². The molecule has 0 radical (unpaired) electrons. The highest BCUT2D eigenvalue weighted by Gasteiger charge is 2.19. The minimum Gasteiger partial charge on any atom is -0.349 e. The van der Waals surface area contributed by atoms with Gasteiger partial charge in [0, 0.05) is 24.0 Å². The molecule has 0 unspecified atom stereocenters. The molecule has 22 heavy (non-hydrogen) atoms. The van der Waals surface area contributed by atoms with Gasteiger partial charge in [-0.1, -0.05) is 19.8 Å². The molecule has 4 nitrogen and oxygen atoms in total. The Morgan fingerprint density at radius 2 is 2.14 bits per heavy atom. The maximum Gasteiger partial charge on any atom is 0.262 e. The number of carbonyl (C=O) groups is 1. The Hall–Kier alpha value is -2.02. The number of rotatable bonds is 5. The third-order valence-corrected chi connectivity index (χ3v) is 4.42. The maximum absolute atomic E-state index is 12.3. The van der Waals surface area contributed by atoms with Crippen LogP contribution in [0.4, 0.5) is 0 Å². The average molecular weight is 299 g/mol. The topological polar surface area (TPSA) is 57.8 Å². The van der Waals surface area contributed by atoms with Gasteiger partial charge >= 0.3 is 0 Å². The molecule has 1 N–H and O–H groups in total. The van der Waals surface area contributed by atoms with Crippen molar-refractivity contribution in [3.63, 3.8) is 0 Å². The van der Waals surface area contributed by atoms with Crippen molar-refractivity contribution in [2.45, 2.75) is 65.5 Å². The van der Waals surface area contributed by atoms with Gasteiger partial charge in [-0.25, -0.2) is 0 Å². The van der Waals surface area contributed by atoms with Gasteiger partial charge in [0.15, 0.2) is 0 Å². The van der Waals surface area contributed by atoms with Crippen molar-refractivity contribution in [1.29, 1.82) is 5.26 Å². The van der Waals surface area contributed by atoms with E-state index in [1.165, 1.54) is 5.69 Å². The molecule has 4 heteroatoms. The van der Waals surface area contributed by atoms with E-state index in [1.807, 2.05) is 13.0 Å². The van der Waals surface area contributed by atoms with Crippen LogP contribution >= 0.6 is 0 Å². The van der Waals surface area contributed by atoms with E-state index in [4.69, 9.17) is 0 Å². The molecular formula is C18H25N3O. The zero-order valence-corrected chi connectivity index (χ0v) is 13.8. The minimum atomic E-state index is -0.241. The summed E-state index contributed by atoms with van der Waals surface area (Å²) in [7, 11) is 0. The highest BCUT2D eigenvalue weighted by molar-refractivity contribution is 6.02. The van der Waals surface area contributed by atoms with Crippen molar-refractivity contribution in [1.82, 2.24) is 9.88 Å². The van der Waals surface area contributed by atoms with Gasteiger partial charge in [-0.2, -0.15) is 5.26 Å². The number of hydrogen-bond donors (Lipinski definition) is 1. The Labute approximate surface area is 132 Å². The predicted octanol–water partition coefficient (Wildman–Crippen LogP) is 3.48. The number of aromatic nitrogens is 1. The number of nitrogens with one attached hydrogen (secondary N) is 1. The van der Waals surface area contributed by atoms with Gasteiger partial charge in [-0.05, 0) is 50.8 Å². The fourth-order valence-electron chi connectivity index (χ4n) is 3.18. The molecule has 1 saturated carbocycles. The Kier molecular flexibility index (Phi) is 5.43. The van der Waals surface area contributed by atoms with Crippen LogP contribution in [0.15, 0.2) is 11.6 Å². The second-order valence-corrected chi connectivity index (χ2v) is 6.10. The van der Waals surface area contributed by atoms with Crippen LogP contribution in [0, 0.1) is 25.2 Å². The maximum atomic E-state index is 12.3. The lowest BCUT2D eigenvalue weighted by atomic mass is 10.1. The number of nitrogens with zero attached hydrogens (tertiary/aromatic N) is 2. The van der Waals surface area contributed by atoms with Gasteiger partial charge in [-0.3, -0.25) is 4.79 Å². The number of hydrogen-bond acceptors (Lipinski definition) is 2. The first-order valence-corrected chi connectivity index (χ1v) is 8.16. The van der Waals surface area contributed by atoms with Crippen LogP contribution in [0.5, 0.6) is 0 Å². The van der Waals surface area contributed by atoms with Crippen molar-refractivity contribution in [3.05, 3.63) is 28.6 Å². The van der Waals surface area contributed by atoms with Crippen LogP contribution in [0.1, 0.15) is 56.0 Å². The van der Waals surface area contributed by atoms with E-state index in [2.05, 4.69) is 29.8 Å². The fraction of sp³-hybridized carbons (Fsp3) is 0.556. The van der Waals surface area contributed by atoms with Crippen molar-refractivity contribution in [2.24, 2.45) is 0 Å². The summed E-state index contributed by atoms with van der Waals surface area (Å²) in [6.45, 7) is 7.20. The lowest BCUT2D eigenvalue weighted by Gasteiger charge is -2.11. The summed E-state index contributed by atoms with van der Waals surface area (Å²) >= 11 is 0. The summed E-state index contributed by atoms with van der Waals surface area (Å²) in [6.07, 6.45) is 7.15. The van der Waals surface area contributed by atoms with Crippen LogP contribution in [0.3, 0.4) is 0 Å². The molecular weight excluding hydrogens is 274 g/mol. The van der Waals surface area contributed by atoms with Crippen molar-refractivity contribution in [3.8, 4) is 6.07 Å². The summed E-state index contributed by atoms with van der Waals surface area (Å²) in [5.74, 6) is -0.241. The van der Waals surface area contributed by atoms with Gasteiger partial charge in [0.05, 0.1) is 0 Å². The number of aryl methyl sites for hydroxylation is 1. The summed E-state index contributed by atoms with van der Waals surface area (Å²) in [6, 6.07) is 4.33. The van der Waals surface area contributed by atoms with Crippen LogP contribution < -0.4 is 5.32 Å². The number of carbonyl (C=O) groups excluding carboxylic acids is 1. The Morgan fingerprint density at radius 3 is 2.73 bits per heavy atom. The quantitative estimate of drug-likeness (QED) is 0.668. The molecule has 1 aromatic heterocycles. The normalized spacial score (nSPS) is 15.8. The molecule has 0 atom stereocenters. The first-order valence-electron chi connectivity index (χ1n) is 8.16. The van der Waals surface area contributed by atoms with Gasteiger partial charge in [0.1, 0.15) is 11.6 Å². The zero-order valence-electron chi connectivity index (χ0n) is 13.8. The minimum absolute atomic E-state index is 0.198. The molecule has 1 heterocycles. The van der Waals surface area contributed by atoms with Crippen molar-refractivity contribution in [2.75, 3.05) is 0 Å². The largest absolute Gasteiger partial charge is 0.349 e. The van der Waals surface area contributed by atoms with Gasteiger partial charge < -0.3 is 9.88 Å². The van der Waals surface area contributed by atoms with E-state index in [0.717, 1.165) is 49.9 Å². The Bertz CT molecular complexity index is 613. The molecule has 0 bridgehead atoms. The molecule has 1 aliphatic carbocycles. The highest BCUT2D eigenvalue weighted by atomic mass is 16.1. The van der Waals surface area contributed by atoms with E-state index in [0.29, 0.717) is 0 Å². The second kappa shape index (κ2) is 7.31.